The Morgan fingerprint density at radius 3 is 2.35 bits per heavy atom. The van der Waals surface area contributed by atoms with E-state index in [9.17, 15) is 9.59 Å². The maximum atomic E-state index is 14.1. The lowest BCUT2D eigenvalue weighted by atomic mass is 9.87. The molecule has 5 heteroatoms. The van der Waals surface area contributed by atoms with Gasteiger partial charge in [0, 0.05) is 39.1 Å². The molecular formula is C32H37N3O2. The number of piperazine rings is 2. The van der Waals surface area contributed by atoms with Gasteiger partial charge in [0.2, 0.25) is 11.8 Å². The van der Waals surface area contributed by atoms with Gasteiger partial charge >= 0.3 is 0 Å². The molecule has 0 radical (unpaired) electrons. The highest BCUT2D eigenvalue weighted by atomic mass is 16.2. The molecule has 1 saturated carbocycles. The van der Waals surface area contributed by atoms with E-state index in [0.717, 1.165) is 38.0 Å². The molecule has 2 saturated heterocycles. The van der Waals surface area contributed by atoms with Crippen LogP contribution in [0, 0.1) is 5.92 Å². The van der Waals surface area contributed by atoms with E-state index in [1.807, 2.05) is 28.0 Å². The second kappa shape index (κ2) is 10.7. The molecule has 0 aromatic heterocycles. The van der Waals surface area contributed by atoms with Crippen LogP contribution in [0.15, 0.2) is 72.8 Å². The third-order valence-corrected chi connectivity index (χ3v) is 8.70. The summed E-state index contributed by atoms with van der Waals surface area (Å²) < 4.78 is 0. The minimum atomic E-state index is -0.391. The highest BCUT2D eigenvalue weighted by Gasteiger charge is 2.48. The second-order valence-corrected chi connectivity index (χ2v) is 11.1. The summed E-state index contributed by atoms with van der Waals surface area (Å²) in [5, 5.41) is 2.50. The Morgan fingerprint density at radius 2 is 1.51 bits per heavy atom. The summed E-state index contributed by atoms with van der Waals surface area (Å²) in [7, 11) is 0. The van der Waals surface area contributed by atoms with Crippen LogP contribution in [-0.2, 0) is 22.6 Å². The van der Waals surface area contributed by atoms with E-state index < -0.39 is 6.04 Å². The SMILES string of the molecule is O=C1C(Cc2ccccc2)N(CC2CCCCC2)C(=O)C2CN(Cc3cccc4ccccc34)CCN12. The summed E-state index contributed by atoms with van der Waals surface area (Å²) in [5.41, 5.74) is 2.40. The quantitative estimate of drug-likeness (QED) is 0.489. The summed E-state index contributed by atoms with van der Waals surface area (Å²) in [6, 6.07) is 24.4. The molecule has 3 aliphatic rings. The van der Waals surface area contributed by atoms with Crippen molar-refractivity contribution in [2.24, 2.45) is 5.92 Å². The topological polar surface area (TPSA) is 43.9 Å². The van der Waals surface area contributed by atoms with Crippen LogP contribution in [0.3, 0.4) is 0 Å². The molecule has 0 spiro atoms. The lowest BCUT2D eigenvalue weighted by Crippen LogP contribution is -2.70. The van der Waals surface area contributed by atoms with Gasteiger partial charge in [-0.25, -0.2) is 0 Å². The minimum Gasteiger partial charge on any atom is -0.328 e. The number of carbonyl (C=O) groups excluding carboxylic acids is 2. The van der Waals surface area contributed by atoms with Gasteiger partial charge in [-0.15, -0.1) is 0 Å². The van der Waals surface area contributed by atoms with Gasteiger partial charge in [-0.3, -0.25) is 14.5 Å². The zero-order valence-corrected chi connectivity index (χ0v) is 21.6. The summed E-state index contributed by atoms with van der Waals surface area (Å²) in [6.45, 7) is 3.52. The van der Waals surface area contributed by atoms with Gasteiger partial charge in [-0.05, 0) is 40.7 Å². The molecule has 2 heterocycles. The van der Waals surface area contributed by atoms with Crippen molar-refractivity contribution < 1.29 is 9.59 Å². The van der Waals surface area contributed by atoms with Crippen molar-refractivity contribution in [2.75, 3.05) is 26.2 Å². The summed E-state index contributed by atoms with van der Waals surface area (Å²) in [6.07, 6.45) is 6.68. The van der Waals surface area contributed by atoms with E-state index in [4.69, 9.17) is 0 Å². The first-order valence-electron chi connectivity index (χ1n) is 14.0. The molecule has 2 amide bonds. The molecule has 3 aromatic carbocycles. The molecular weight excluding hydrogens is 458 g/mol. The highest BCUT2D eigenvalue weighted by Crippen LogP contribution is 2.30. The van der Waals surface area contributed by atoms with Crippen LogP contribution in [0.4, 0.5) is 0 Å². The molecule has 37 heavy (non-hydrogen) atoms. The Bertz CT molecular complexity index is 1250. The third-order valence-electron chi connectivity index (χ3n) is 8.70. The Morgan fingerprint density at radius 1 is 0.757 bits per heavy atom. The van der Waals surface area contributed by atoms with Gasteiger partial charge in [-0.1, -0.05) is 92.1 Å². The molecule has 3 fully saturated rings. The molecule has 5 nitrogen and oxygen atoms in total. The van der Waals surface area contributed by atoms with Crippen molar-refractivity contribution >= 4 is 22.6 Å². The first-order valence-corrected chi connectivity index (χ1v) is 14.0. The van der Waals surface area contributed by atoms with Crippen molar-refractivity contribution in [3.05, 3.63) is 83.9 Å². The van der Waals surface area contributed by atoms with Crippen molar-refractivity contribution in [3.63, 3.8) is 0 Å². The van der Waals surface area contributed by atoms with Crippen LogP contribution >= 0.6 is 0 Å². The van der Waals surface area contributed by atoms with Crippen LogP contribution in [0.2, 0.25) is 0 Å². The maximum Gasteiger partial charge on any atom is 0.247 e. The van der Waals surface area contributed by atoms with Gasteiger partial charge in [0.05, 0.1) is 0 Å². The summed E-state index contributed by atoms with van der Waals surface area (Å²) in [5.74, 6) is 0.786. The molecule has 2 aliphatic heterocycles. The number of amides is 2. The summed E-state index contributed by atoms with van der Waals surface area (Å²) >= 11 is 0. The van der Waals surface area contributed by atoms with Crippen molar-refractivity contribution in [1.29, 1.82) is 0 Å². The average Bonchev–Trinajstić information content (AvgIpc) is 2.95. The van der Waals surface area contributed by atoms with E-state index in [1.54, 1.807) is 0 Å². The number of nitrogens with zero attached hydrogens (tertiary/aromatic N) is 3. The molecule has 0 bridgehead atoms. The summed E-state index contributed by atoms with van der Waals surface area (Å²) in [4.78, 5) is 34.3. The average molecular weight is 496 g/mol. The number of carbonyl (C=O) groups is 2. The van der Waals surface area contributed by atoms with E-state index in [2.05, 4.69) is 59.5 Å². The van der Waals surface area contributed by atoms with Crippen LogP contribution in [0.5, 0.6) is 0 Å². The van der Waals surface area contributed by atoms with E-state index in [-0.39, 0.29) is 17.9 Å². The first-order chi connectivity index (χ1) is 18.2. The number of fused-ring (bicyclic) bond motifs is 2. The Kier molecular flexibility index (Phi) is 6.97. The lowest BCUT2D eigenvalue weighted by molar-refractivity contribution is -0.166. The molecule has 192 valence electrons. The number of benzene rings is 3. The molecule has 2 atom stereocenters. The third kappa shape index (κ3) is 5.02. The molecule has 0 N–H and O–H groups in total. The standard InChI is InChI=1S/C32H37N3O2/c36-31-29(20-24-10-3-1-4-11-24)35(21-25-12-5-2-6-13-25)32(37)30-23-33(18-19-34(30)31)22-27-16-9-15-26-14-7-8-17-28(26)27/h1,3-4,7-11,14-17,25,29-30H,2,5-6,12-13,18-23H2. The van der Waals surface area contributed by atoms with Crippen LogP contribution in [-0.4, -0.2) is 64.8 Å². The van der Waals surface area contributed by atoms with Gasteiger partial charge in [0.15, 0.2) is 0 Å². The fourth-order valence-electron chi connectivity index (χ4n) is 6.70. The van der Waals surface area contributed by atoms with E-state index in [0.29, 0.717) is 25.4 Å². The van der Waals surface area contributed by atoms with Crippen molar-refractivity contribution in [3.8, 4) is 0 Å². The predicted molar refractivity (Wildman–Crippen MR) is 147 cm³/mol. The van der Waals surface area contributed by atoms with Crippen molar-refractivity contribution in [2.45, 2.75) is 57.2 Å². The number of hydrogen-bond donors (Lipinski definition) is 0. The Balaban J connectivity index is 1.24. The van der Waals surface area contributed by atoms with Crippen LogP contribution in [0.1, 0.15) is 43.2 Å². The molecule has 1 aliphatic carbocycles. The van der Waals surface area contributed by atoms with Gasteiger partial charge in [0.25, 0.3) is 0 Å². The smallest absolute Gasteiger partial charge is 0.247 e. The first kappa shape index (κ1) is 24.2. The van der Waals surface area contributed by atoms with Crippen molar-refractivity contribution in [1.82, 2.24) is 14.7 Å². The van der Waals surface area contributed by atoms with E-state index >= 15 is 0 Å². The predicted octanol–water partition coefficient (Wildman–Crippen LogP) is 4.89. The minimum absolute atomic E-state index is 0.133. The molecule has 2 unspecified atom stereocenters. The fraction of sp³-hybridized carbons (Fsp3) is 0.438. The maximum absolute atomic E-state index is 14.1. The van der Waals surface area contributed by atoms with Gasteiger partial charge in [0.1, 0.15) is 12.1 Å². The lowest BCUT2D eigenvalue weighted by Gasteiger charge is -2.50. The van der Waals surface area contributed by atoms with Crippen LogP contribution in [0.25, 0.3) is 10.8 Å². The fourth-order valence-corrected chi connectivity index (χ4v) is 6.70. The number of hydrogen-bond acceptors (Lipinski definition) is 3. The van der Waals surface area contributed by atoms with Gasteiger partial charge in [-0.2, -0.15) is 0 Å². The molecule has 3 aromatic rings. The number of rotatable bonds is 6. The normalized spacial score (nSPS) is 23.5. The highest BCUT2D eigenvalue weighted by molar-refractivity contribution is 5.97. The zero-order chi connectivity index (χ0) is 25.2. The van der Waals surface area contributed by atoms with Crippen LogP contribution < -0.4 is 0 Å². The van der Waals surface area contributed by atoms with E-state index in [1.165, 1.54) is 35.6 Å². The zero-order valence-electron chi connectivity index (χ0n) is 21.6. The largest absolute Gasteiger partial charge is 0.328 e. The van der Waals surface area contributed by atoms with Gasteiger partial charge < -0.3 is 9.80 Å². The second-order valence-electron chi connectivity index (χ2n) is 11.1. The Labute approximate surface area is 220 Å². The monoisotopic (exact) mass is 495 g/mol. The molecule has 6 rings (SSSR count). The Hall–Kier alpha value is -3.18.